The Balaban J connectivity index is 1.67. The molecule has 0 saturated heterocycles. The fourth-order valence-electron chi connectivity index (χ4n) is 4.29. The maximum atomic E-state index is 13.5. The summed E-state index contributed by atoms with van der Waals surface area (Å²) in [5.41, 5.74) is 3.63. The lowest BCUT2D eigenvalue weighted by molar-refractivity contribution is 0.0599. The van der Waals surface area contributed by atoms with Gasteiger partial charge in [-0.25, -0.2) is 4.79 Å². The third kappa shape index (κ3) is 3.49. The van der Waals surface area contributed by atoms with Crippen LogP contribution in [0.5, 0.6) is 0 Å². The topological polar surface area (TPSA) is 76.8 Å². The molecule has 6 heteroatoms. The van der Waals surface area contributed by atoms with Crippen molar-refractivity contribution in [2.45, 2.75) is 19.5 Å². The standard InChI is InChI=1S/C27H21NO5/c1-16-7-9-17(10-8-16)15-28-23(18-11-13-19(14-12-18)27(31)32-2)22-24(29)20-5-3-4-6-21(20)33-25(22)26(28)30/h3-14,23H,15H2,1-2H3. The monoisotopic (exact) mass is 439 g/mol. The smallest absolute Gasteiger partial charge is 0.337 e. The van der Waals surface area contributed by atoms with Gasteiger partial charge >= 0.3 is 5.97 Å². The highest BCUT2D eigenvalue weighted by Crippen LogP contribution is 2.39. The van der Waals surface area contributed by atoms with E-state index < -0.39 is 12.0 Å². The summed E-state index contributed by atoms with van der Waals surface area (Å²) in [5, 5.41) is 0.428. The number of benzene rings is 3. The molecule has 0 saturated carbocycles. The molecule has 3 aromatic carbocycles. The summed E-state index contributed by atoms with van der Waals surface area (Å²) in [4.78, 5) is 40.5. The van der Waals surface area contributed by atoms with Crippen molar-refractivity contribution in [3.8, 4) is 0 Å². The molecule has 33 heavy (non-hydrogen) atoms. The zero-order valence-electron chi connectivity index (χ0n) is 18.2. The average Bonchev–Trinajstić information content (AvgIpc) is 3.12. The highest BCUT2D eigenvalue weighted by Gasteiger charge is 2.42. The highest BCUT2D eigenvalue weighted by molar-refractivity contribution is 5.99. The first kappa shape index (κ1) is 20.7. The van der Waals surface area contributed by atoms with Crippen LogP contribution in [0, 0.1) is 6.92 Å². The van der Waals surface area contributed by atoms with Gasteiger partial charge < -0.3 is 14.1 Å². The maximum Gasteiger partial charge on any atom is 0.337 e. The van der Waals surface area contributed by atoms with Gasteiger partial charge in [0.2, 0.25) is 5.76 Å². The van der Waals surface area contributed by atoms with Crippen molar-refractivity contribution >= 4 is 22.8 Å². The molecule has 1 aromatic heterocycles. The van der Waals surface area contributed by atoms with E-state index in [0.29, 0.717) is 34.2 Å². The SMILES string of the molecule is COC(=O)c1ccc(C2c3c(oc4ccccc4c3=O)C(=O)N2Cc2ccc(C)cc2)cc1. The van der Waals surface area contributed by atoms with E-state index >= 15 is 0 Å². The molecule has 164 valence electrons. The number of carbonyl (C=O) groups excluding carboxylic acids is 2. The first-order valence-electron chi connectivity index (χ1n) is 10.6. The Bertz CT molecular complexity index is 1430. The molecule has 0 spiro atoms. The van der Waals surface area contributed by atoms with Crippen LogP contribution in [0.4, 0.5) is 0 Å². The molecular weight excluding hydrogens is 418 g/mol. The number of esters is 1. The van der Waals surface area contributed by atoms with Crippen molar-refractivity contribution in [2.75, 3.05) is 7.11 Å². The quantitative estimate of drug-likeness (QED) is 0.433. The average molecular weight is 439 g/mol. The van der Waals surface area contributed by atoms with Gasteiger partial charge in [-0.2, -0.15) is 0 Å². The Morgan fingerprint density at radius 3 is 2.36 bits per heavy atom. The minimum absolute atomic E-state index is 0.0628. The highest BCUT2D eigenvalue weighted by atomic mass is 16.5. The van der Waals surface area contributed by atoms with Crippen LogP contribution >= 0.6 is 0 Å². The summed E-state index contributed by atoms with van der Waals surface area (Å²) in [5.74, 6) is -0.727. The molecule has 0 aliphatic carbocycles. The van der Waals surface area contributed by atoms with Gasteiger partial charge in [-0.15, -0.1) is 0 Å². The third-order valence-corrected chi connectivity index (χ3v) is 5.99. The van der Waals surface area contributed by atoms with Crippen LogP contribution in [0.25, 0.3) is 11.0 Å². The summed E-state index contributed by atoms with van der Waals surface area (Å²) in [6.07, 6.45) is 0. The number of ether oxygens (including phenoxy) is 1. The fourth-order valence-corrected chi connectivity index (χ4v) is 4.29. The van der Waals surface area contributed by atoms with E-state index in [1.165, 1.54) is 7.11 Å². The molecule has 0 bridgehead atoms. The van der Waals surface area contributed by atoms with E-state index in [9.17, 15) is 14.4 Å². The molecule has 1 atom stereocenters. The second-order valence-electron chi connectivity index (χ2n) is 8.10. The lowest BCUT2D eigenvalue weighted by Gasteiger charge is -2.25. The summed E-state index contributed by atoms with van der Waals surface area (Å²) in [7, 11) is 1.32. The number of rotatable bonds is 4. The van der Waals surface area contributed by atoms with Crippen LogP contribution in [0.2, 0.25) is 0 Å². The molecule has 4 aromatic rings. The second kappa shape index (κ2) is 8.06. The van der Waals surface area contributed by atoms with Crippen LogP contribution in [-0.4, -0.2) is 23.9 Å². The Kier molecular flexibility index (Phi) is 5.05. The van der Waals surface area contributed by atoms with Crippen LogP contribution in [0.1, 0.15) is 49.2 Å². The minimum Gasteiger partial charge on any atom is -0.465 e. The number of hydrogen-bond donors (Lipinski definition) is 0. The van der Waals surface area contributed by atoms with E-state index in [2.05, 4.69) is 0 Å². The summed E-state index contributed by atoms with van der Waals surface area (Å²) in [6.45, 7) is 2.31. The lowest BCUT2D eigenvalue weighted by atomic mass is 9.97. The normalized spacial score (nSPS) is 15.0. The first-order chi connectivity index (χ1) is 16.0. The minimum atomic E-state index is -0.638. The predicted octanol–water partition coefficient (Wildman–Crippen LogP) is 4.63. The maximum absolute atomic E-state index is 13.5. The van der Waals surface area contributed by atoms with Gasteiger partial charge in [0, 0.05) is 6.54 Å². The number of nitrogens with zero attached hydrogens (tertiary/aromatic N) is 1. The lowest BCUT2D eigenvalue weighted by Crippen LogP contribution is -2.29. The number of carbonyl (C=O) groups is 2. The number of methoxy groups -OCH3 is 1. The molecule has 5 rings (SSSR count). The molecular formula is C27H21NO5. The second-order valence-corrected chi connectivity index (χ2v) is 8.10. The summed E-state index contributed by atoms with van der Waals surface area (Å²) >= 11 is 0. The molecule has 0 radical (unpaired) electrons. The van der Waals surface area contributed by atoms with Crippen molar-refractivity contribution < 1.29 is 18.7 Å². The zero-order chi connectivity index (χ0) is 23.1. The molecule has 2 heterocycles. The summed E-state index contributed by atoms with van der Waals surface area (Å²) < 4.78 is 10.7. The van der Waals surface area contributed by atoms with Gasteiger partial charge in [0.15, 0.2) is 5.43 Å². The van der Waals surface area contributed by atoms with Crippen LogP contribution in [0.3, 0.4) is 0 Å². The molecule has 0 N–H and O–H groups in total. The molecule has 1 aliphatic rings. The number of aryl methyl sites for hydroxylation is 1. The predicted molar refractivity (Wildman–Crippen MR) is 123 cm³/mol. The van der Waals surface area contributed by atoms with Crippen molar-refractivity contribution in [3.63, 3.8) is 0 Å². The molecule has 0 fully saturated rings. The van der Waals surface area contributed by atoms with E-state index in [1.54, 1.807) is 53.4 Å². The van der Waals surface area contributed by atoms with E-state index in [4.69, 9.17) is 9.15 Å². The van der Waals surface area contributed by atoms with Crippen molar-refractivity contribution in [1.29, 1.82) is 0 Å². The van der Waals surface area contributed by atoms with Gasteiger partial charge in [-0.3, -0.25) is 9.59 Å². The Hall–Kier alpha value is -4.19. The van der Waals surface area contributed by atoms with Crippen molar-refractivity contribution in [1.82, 2.24) is 4.90 Å². The van der Waals surface area contributed by atoms with Crippen LogP contribution in [0.15, 0.2) is 82.0 Å². The zero-order valence-corrected chi connectivity index (χ0v) is 18.2. The van der Waals surface area contributed by atoms with Crippen LogP contribution in [-0.2, 0) is 11.3 Å². The number of fused-ring (bicyclic) bond motifs is 2. The molecule has 6 nitrogen and oxygen atoms in total. The number of para-hydroxylation sites is 1. The van der Waals surface area contributed by atoms with Gasteiger partial charge in [0.05, 0.1) is 29.7 Å². The van der Waals surface area contributed by atoms with Gasteiger partial charge in [0.1, 0.15) is 5.58 Å². The van der Waals surface area contributed by atoms with Gasteiger partial charge in [-0.05, 0) is 42.3 Å². The Labute approximate surface area is 190 Å². The fraction of sp³-hybridized carbons (Fsp3) is 0.148. The summed E-state index contributed by atoms with van der Waals surface area (Å²) in [6, 6.07) is 21.0. The van der Waals surface area contributed by atoms with Crippen molar-refractivity contribution in [2.24, 2.45) is 0 Å². The third-order valence-electron chi connectivity index (χ3n) is 5.99. The Morgan fingerprint density at radius 1 is 0.970 bits per heavy atom. The largest absolute Gasteiger partial charge is 0.465 e. The van der Waals surface area contributed by atoms with Crippen molar-refractivity contribution in [3.05, 3.63) is 117 Å². The first-order valence-corrected chi connectivity index (χ1v) is 10.6. The van der Waals surface area contributed by atoms with E-state index in [-0.39, 0.29) is 17.1 Å². The van der Waals surface area contributed by atoms with Crippen LogP contribution < -0.4 is 5.43 Å². The van der Waals surface area contributed by atoms with E-state index in [1.807, 2.05) is 31.2 Å². The van der Waals surface area contributed by atoms with E-state index in [0.717, 1.165) is 11.1 Å². The van der Waals surface area contributed by atoms with Gasteiger partial charge in [-0.1, -0.05) is 54.1 Å². The van der Waals surface area contributed by atoms with Gasteiger partial charge in [0.25, 0.3) is 5.91 Å². The number of amides is 1. The number of hydrogen-bond acceptors (Lipinski definition) is 5. The molecule has 1 unspecified atom stereocenters. The Morgan fingerprint density at radius 2 is 1.67 bits per heavy atom. The molecule has 1 aliphatic heterocycles. The molecule has 1 amide bonds.